The molecule has 1 aromatic heterocycles. The monoisotopic (exact) mass is 297 g/mol. The molecule has 0 aliphatic rings. The standard InChI is InChI=1S/C12H11NO4S2/c1-19-8-4-2-3-7-10(8)13-11(17-7)6(12(16)18)5-9(14)15/h2-4,6H,5H2,1H3,(H,14,15)(H,16,18). The van der Waals surface area contributed by atoms with Crippen molar-refractivity contribution < 1.29 is 19.4 Å². The van der Waals surface area contributed by atoms with Crippen molar-refractivity contribution in [3.63, 3.8) is 0 Å². The summed E-state index contributed by atoms with van der Waals surface area (Å²) in [6.45, 7) is 0. The van der Waals surface area contributed by atoms with Crippen molar-refractivity contribution in [2.24, 2.45) is 0 Å². The van der Waals surface area contributed by atoms with Gasteiger partial charge in [-0.25, -0.2) is 4.98 Å². The minimum atomic E-state index is -1.08. The van der Waals surface area contributed by atoms with Crippen LogP contribution in [0.3, 0.4) is 0 Å². The van der Waals surface area contributed by atoms with Crippen LogP contribution in [-0.4, -0.2) is 32.5 Å². The maximum absolute atomic E-state index is 10.8. The molecule has 0 aliphatic carbocycles. The van der Waals surface area contributed by atoms with Gasteiger partial charge in [0.05, 0.1) is 6.42 Å². The Morgan fingerprint density at radius 3 is 2.84 bits per heavy atom. The summed E-state index contributed by atoms with van der Waals surface area (Å²) < 4.78 is 5.50. The topological polar surface area (TPSA) is 83.6 Å². The number of fused-ring (bicyclic) bond motifs is 1. The van der Waals surface area contributed by atoms with Gasteiger partial charge in [-0.2, -0.15) is 0 Å². The van der Waals surface area contributed by atoms with E-state index in [1.807, 2.05) is 18.4 Å². The summed E-state index contributed by atoms with van der Waals surface area (Å²) in [7, 11) is 0. The number of carbonyl (C=O) groups is 1. The number of aliphatic carboxylic acids is 1. The molecule has 1 aromatic carbocycles. The van der Waals surface area contributed by atoms with Gasteiger partial charge < -0.3 is 14.6 Å². The van der Waals surface area contributed by atoms with Crippen molar-refractivity contribution >= 4 is 46.1 Å². The average Bonchev–Trinajstić information content (AvgIpc) is 2.78. The van der Waals surface area contributed by atoms with Crippen molar-refractivity contribution in [1.29, 1.82) is 0 Å². The van der Waals surface area contributed by atoms with Crippen LogP contribution in [0.1, 0.15) is 18.2 Å². The zero-order valence-electron chi connectivity index (χ0n) is 9.99. The van der Waals surface area contributed by atoms with Crippen LogP contribution in [0, 0.1) is 0 Å². The van der Waals surface area contributed by atoms with Crippen LogP contribution in [0.25, 0.3) is 11.1 Å². The van der Waals surface area contributed by atoms with Gasteiger partial charge in [0.1, 0.15) is 11.4 Å². The van der Waals surface area contributed by atoms with E-state index < -0.39 is 16.9 Å². The molecule has 0 spiro atoms. The lowest BCUT2D eigenvalue weighted by atomic mass is 10.1. The molecule has 100 valence electrons. The number of aliphatic hydroxyl groups excluding tert-OH is 1. The second kappa shape index (κ2) is 5.58. The molecule has 0 fully saturated rings. The summed E-state index contributed by atoms with van der Waals surface area (Å²) >= 11 is 6.18. The number of hydrogen-bond acceptors (Lipinski definition) is 5. The average molecular weight is 297 g/mol. The Morgan fingerprint density at radius 2 is 2.26 bits per heavy atom. The number of thiocarbonyl (C=S) groups is 1. The van der Waals surface area contributed by atoms with E-state index in [2.05, 4.69) is 17.2 Å². The van der Waals surface area contributed by atoms with E-state index in [1.54, 1.807) is 6.07 Å². The molecular formula is C12H11NO4S2. The maximum atomic E-state index is 10.8. The summed E-state index contributed by atoms with van der Waals surface area (Å²) in [4.78, 5) is 16.0. The van der Waals surface area contributed by atoms with Gasteiger partial charge in [0.15, 0.2) is 10.6 Å². The number of carboxylic acid groups (broad SMARTS) is 1. The molecule has 1 unspecified atom stereocenters. The second-order valence-corrected chi connectivity index (χ2v) is 5.11. The van der Waals surface area contributed by atoms with Crippen molar-refractivity contribution in [3.8, 4) is 0 Å². The van der Waals surface area contributed by atoms with Gasteiger partial charge in [0, 0.05) is 4.90 Å². The molecule has 19 heavy (non-hydrogen) atoms. The highest BCUT2D eigenvalue weighted by Gasteiger charge is 2.26. The Bertz CT molecular complexity index is 638. The molecule has 0 saturated carbocycles. The molecular weight excluding hydrogens is 286 g/mol. The molecule has 5 nitrogen and oxygen atoms in total. The molecule has 2 aromatic rings. The number of thioether (sulfide) groups is 1. The Hall–Kier alpha value is -1.60. The number of oxazole rings is 1. The molecule has 0 radical (unpaired) electrons. The summed E-state index contributed by atoms with van der Waals surface area (Å²) in [5.41, 5.74) is 1.20. The van der Waals surface area contributed by atoms with Crippen molar-refractivity contribution in [3.05, 3.63) is 24.1 Å². The lowest BCUT2D eigenvalue weighted by Crippen LogP contribution is -2.14. The Balaban J connectivity index is 2.49. The van der Waals surface area contributed by atoms with Gasteiger partial charge in [0.2, 0.25) is 5.89 Å². The van der Waals surface area contributed by atoms with E-state index in [0.717, 1.165) is 4.90 Å². The fourth-order valence-corrected chi connectivity index (χ4v) is 2.45. The minimum Gasteiger partial charge on any atom is -0.501 e. The van der Waals surface area contributed by atoms with E-state index in [0.29, 0.717) is 11.1 Å². The van der Waals surface area contributed by atoms with Crippen LogP contribution in [0.15, 0.2) is 27.5 Å². The molecule has 0 bridgehead atoms. The lowest BCUT2D eigenvalue weighted by molar-refractivity contribution is -0.137. The first-order valence-electron chi connectivity index (χ1n) is 5.41. The fraction of sp³-hybridized carbons (Fsp3) is 0.250. The molecule has 2 N–H and O–H groups in total. The molecule has 2 rings (SSSR count). The SMILES string of the molecule is CSc1cccc2oc(C(CC(=O)O)C(O)=S)nc12. The number of aliphatic hydroxyl groups is 1. The first kappa shape index (κ1) is 13.8. The summed E-state index contributed by atoms with van der Waals surface area (Å²) in [6, 6.07) is 5.46. The zero-order chi connectivity index (χ0) is 14.0. The zero-order valence-corrected chi connectivity index (χ0v) is 11.6. The first-order chi connectivity index (χ1) is 9.02. The number of nitrogens with zero attached hydrogens (tertiary/aromatic N) is 1. The van der Waals surface area contributed by atoms with Crippen LogP contribution in [0.2, 0.25) is 0 Å². The molecule has 1 heterocycles. The molecule has 0 saturated heterocycles. The van der Waals surface area contributed by atoms with Gasteiger partial charge in [-0.05, 0) is 30.6 Å². The highest BCUT2D eigenvalue weighted by atomic mass is 32.2. The van der Waals surface area contributed by atoms with Gasteiger partial charge in [-0.3, -0.25) is 4.79 Å². The normalized spacial score (nSPS) is 12.5. The largest absolute Gasteiger partial charge is 0.501 e. The predicted octanol–water partition coefficient (Wildman–Crippen LogP) is 2.99. The molecule has 0 amide bonds. The number of aromatic nitrogens is 1. The maximum Gasteiger partial charge on any atom is 0.304 e. The molecule has 1 atom stereocenters. The number of carboxylic acids is 1. The van der Waals surface area contributed by atoms with Crippen LogP contribution in [-0.2, 0) is 4.79 Å². The number of rotatable bonds is 5. The van der Waals surface area contributed by atoms with Gasteiger partial charge in [0.25, 0.3) is 0 Å². The Morgan fingerprint density at radius 1 is 1.53 bits per heavy atom. The summed E-state index contributed by atoms with van der Waals surface area (Å²) in [5.74, 6) is -1.85. The number of benzene rings is 1. The van der Waals surface area contributed by atoms with E-state index in [4.69, 9.17) is 9.52 Å². The van der Waals surface area contributed by atoms with Crippen molar-refractivity contribution in [2.75, 3.05) is 6.26 Å². The van der Waals surface area contributed by atoms with Crippen LogP contribution < -0.4 is 0 Å². The van der Waals surface area contributed by atoms with Gasteiger partial charge in [-0.15, -0.1) is 11.8 Å². The second-order valence-electron chi connectivity index (χ2n) is 3.85. The van der Waals surface area contributed by atoms with Gasteiger partial charge in [-0.1, -0.05) is 6.07 Å². The van der Waals surface area contributed by atoms with E-state index >= 15 is 0 Å². The molecule has 7 heteroatoms. The smallest absolute Gasteiger partial charge is 0.304 e. The van der Waals surface area contributed by atoms with Crippen molar-refractivity contribution in [1.82, 2.24) is 4.98 Å². The highest BCUT2D eigenvalue weighted by Crippen LogP contribution is 2.30. The van der Waals surface area contributed by atoms with Gasteiger partial charge >= 0.3 is 5.97 Å². The Kier molecular flexibility index (Phi) is 4.06. The van der Waals surface area contributed by atoms with Crippen LogP contribution in [0.4, 0.5) is 0 Å². The van der Waals surface area contributed by atoms with Crippen LogP contribution >= 0.6 is 24.0 Å². The third kappa shape index (κ3) is 2.87. The third-order valence-electron chi connectivity index (χ3n) is 2.59. The van der Waals surface area contributed by atoms with Crippen LogP contribution in [0.5, 0.6) is 0 Å². The molecule has 0 aliphatic heterocycles. The fourth-order valence-electron chi connectivity index (χ4n) is 1.71. The first-order valence-corrected chi connectivity index (χ1v) is 7.04. The summed E-state index contributed by atoms with van der Waals surface area (Å²) in [5, 5.41) is 17.8. The quantitative estimate of drug-likeness (QED) is 0.648. The number of hydrogen-bond donors (Lipinski definition) is 2. The van der Waals surface area contributed by atoms with E-state index in [-0.39, 0.29) is 12.3 Å². The minimum absolute atomic E-state index is 0.131. The van der Waals surface area contributed by atoms with E-state index in [1.165, 1.54) is 11.8 Å². The number of para-hydroxylation sites is 1. The van der Waals surface area contributed by atoms with E-state index in [9.17, 15) is 9.90 Å². The third-order valence-corrected chi connectivity index (χ3v) is 3.65. The summed E-state index contributed by atoms with van der Waals surface area (Å²) in [6.07, 6.45) is 1.56. The van der Waals surface area contributed by atoms with Crippen molar-refractivity contribution in [2.45, 2.75) is 17.2 Å². The Labute approximate surface area is 118 Å². The highest BCUT2D eigenvalue weighted by molar-refractivity contribution is 7.98. The lowest BCUT2D eigenvalue weighted by Gasteiger charge is -2.06. The predicted molar refractivity (Wildman–Crippen MR) is 76.0 cm³/mol.